The molecule has 1 aromatic heterocycles. The van der Waals surface area contributed by atoms with Gasteiger partial charge in [-0.25, -0.2) is 0 Å². The molecule has 1 aliphatic carbocycles. The zero-order chi connectivity index (χ0) is 22.2. The zero-order valence-corrected chi connectivity index (χ0v) is 17.9. The third kappa shape index (κ3) is 3.32. The molecule has 0 unspecified atom stereocenters. The molecule has 5 nitrogen and oxygen atoms in total. The van der Waals surface area contributed by atoms with Crippen LogP contribution < -0.4 is 14.8 Å². The number of carbonyl (C=O) groups is 1. The molecule has 0 radical (unpaired) electrons. The van der Waals surface area contributed by atoms with E-state index in [1.165, 1.54) is 12.1 Å². The summed E-state index contributed by atoms with van der Waals surface area (Å²) < 4.78 is 35.7. The summed E-state index contributed by atoms with van der Waals surface area (Å²) in [6.07, 6.45) is -2.38. The molecule has 2 N–H and O–H groups in total. The first-order valence-electron chi connectivity index (χ1n) is 10.3. The van der Waals surface area contributed by atoms with E-state index < -0.39 is 11.7 Å². The fraction of sp³-hybridized carbons (Fsp3) is 0.375. The maximum Gasteiger partial charge on any atom is 0.586 e. The fourth-order valence-corrected chi connectivity index (χ4v) is 4.09. The number of benzene rings is 2. The predicted molar refractivity (Wildman–Crippen MR) is 114 cm³/mol. The normalized spacial score (nSPS) is 18.3. The summed E-state index contributed by atoms with van der Waals surface area (Å²) >= 11 is 0. The summed E-state index contributed by atoms with van der Waals surface area (Å²) in [6.45, 7) is 8.39. The van der Waals surface area contributed by atoms with E-state index in [1.807, 2.05) is 19.1 Å². The summed E-state index contributed by atoms with van der Waals surface area (Å²) in [5, 5.41) is 4.09. The first-order chi connectivity index (χ1) is 14.5. The van der Waals surface area contributed by atoms with Gasteiger partial charge in [-0.2, -0.15) is 0 Å². The van der Waals surface area contributed by atoms with Crippen LogP contribution in [0.4, 0.5) is 14.5 Å². The number of hydrogen-bond donors (Lipinski definition) is 2. The van der Waals surface area contributed by atoms with Crippen molar-refractivity contribution in [2.45, 2.75) is 57.7 Å². The minimum atomic E-state index is -3.67. The van der Waals surface area contributed by atoms with E-state index in [0.717, 1.165) is 27.8 Å². The fourth-order valence-electron chi connectivity index (χ4n) is 4.09. The van der Waals surface area contributed by atoms with Gasteiger partial charge >= 0.3 is 6.29 Å². The number of alkyl halides is 2. The number of hydrogen-bond acceptors (Lipinski definition) is 3. The molecule has 2 aromatic carbocycles. The summed E-state index contributed by atoms with van der Waals surface area (Å²) in [7, 11) is 0. The number of aryl methyl sites for hydroxylation is 1. The molecule has 1 fully saturated rings. The Hall–Kier alpha value is -3.09. The second-order valence-electron chi connectivity index (χ2n) is 9.55. The third-order valence-electron chi connectivity index (χ3n) is 6.16. The largest absolute Gasteiger partial charge is 0.586 e. The minimum absolute atomic E-state index is 0.00936. The van der Waals surface area contributed by atoms with Gasteiger partial charge in [-0.1, -0.05) is 26.8 Å². The van der Waals surface area contributed by atoms with Gasteiger partial charge < -0.3 is 19.8 Å². The molecule has 3 aromatic rings. The molecule has 1 aliphatic heterocycles. The van der Waals surface area contributed by atoms with E-state index in [9.17, 15) is 13.6 Å². The molecule has 2 heterocycles. The number of H-pyrrole nitrogens is 1. The number of aromatic amines is 1. The zero-order valence-electron chi connectivity index (χ0n) is 17.9. The van der Waals surface area contributed by atoms with Crippen molar-refractivity contribution in [3.63, 3.8) is 0 Å². The molecule has 5 rings (SSSR count). The highest BCUT2D eigenvalue weighted by Gasteiger charge is 2.52. The van der Waals surface area contributed by atoms with Gasteiger partial charge in [0.2, 0.25) is 5.91 Å². The van der Waals surface area contributed by atoms with Gasteiger partial charge in [-0.3, -0.25) is 4.79 Å². The van der Waals surface area contributed by atoms with Crippen LogP contribution in [0.2, 0.25) is 0 Å². The van der Waals surface area contributed by atoms with Crippen LogP contribution in [0.3, 0.4) is 0 Å². The van der Waals surface area contributed by atoms with Crippen LogP contribution in [-0.4, -0.2) is 17.2 Å². The maximum atomic E-state index is 13.3. The number of rotatable bonds is 3. The highest BCUT2D eigenvalue weighted by atomic mass is 19.3. The third-order valence-corrected chi connectivity index (χ3v) is 6.16. The lowest BCUT2D eigenvalue weighted by Gasteiger charge is -2.17. The summed E-state index contributed by atoms with van der Waals surface area (Å²) in [5.41, 5.74) is 3.75. The topological polar surface area (TPSA) is 63.4 Å². The Kier molecular flexibility index (Phi) is 3.98. The van der Waals surface area contributed by atoms with Crippen molar-refractivity contribution < 1.29 is 23.0 Å². The standard InChI is InChI=1S/C24H24F2N2O3/c1-13-9-17-14(11-20(27-17)22(2,3)4)10-16(13)28-21(29)23(7-8-23)15-5-6-18-19(12-15)31-24(25,26)30-18/h5-6,9-12,27H,7-8H2,1-4H3,(H,28,29). The van der Waals surface area contributed by atoms with E-state index in [2.05, 4.69) is 46.6 Å². The molecule has 162 valence electrons. The second-order valence-corrected chi connectivity index (χ2v) is 9.55. The average Bonchev–Trinajstić information content (AvgIpc) is 3.27. The number of amides is 1. The molecule has 31 heavy (non-hydrogen) atoms. The molecule has 0 spiro atoms. The number of nitrogens with one attached hydrogen (secondary N) is 2. The molecule has 7 heteroatoms. The summed E-state index contributed by atoms with van der Waals surface area (Å²) in [4.78, 5) is 16.7. The second kappa shape index (κ2) is 6.22. The first kappa shape index (κ1) is 19.8. The Morgan fingerprint density at radius 3 is 2.45 bits per heavy atom. The van der Waals surface area contributed by atoms with E-state index in [1.54, 1.807) is 6.07 Å². The van der Waals surface area contributed by atoms with Crippen LogP contribution in [0.15, 0.2) is 36.4 Å². The number of aromatic nitrogens is 1. The lowest BCUT2D eigenvalue weighted by Crippen LogP contribution is -2.28. The number of anilines is 1. The maximum absolute atomic E-state index is 13.3. The predicted octanol–water partition coefficient (Wildman–Crippen LogP) is 5.77. The van der Waals surface area contributed by atoms with Gasteiger partial charge in [0.15, 0.2) is 11.5 Å². The Balaban J connectivity index is 1.43. The lowest BCUT2D eigenvalue weighted by molar-refractivity contribution is -0.286. The van der Waals surface area contributed by atoms with Gasteiger partial charge in [0.05, 0.1) is 5.41 Å². The number of fused-ring (bicyclic) bond motifs is 2. The Morgan fingerprint density at radius 2 is 1.77 bits per heavy atom. The summed E-state index contributed by atoms with van der Waals surface area (Å²) in [5.74, 6) is -0.207. The van der Waals surface area contributed by atoms with Crippen LogP contribution in [0.1, 0.15) is 50.4 Å². The van der Waals surface area contributed by atoms with Crippen molar-refractivity contribution >= 4 is 22.5 Å². The quantitative estimate of drug-likeness (QED) is 0.559. The first-order valence-corrected chi connectivity index (χ1v) is 10.3. The highest BCUT2D eigenvalue weighted by molar-refractivity contribution is 6.03. The highest BCUT2D eigenvalue weighted by Crippen LogP contribution is 2.52. The van der Waals surface area contributed by atoms with E-state index >= 15 is 0 Å². The molecule has 0 atom stereocenters. The molecule has 1 amide bonds. The SMILES string of the molecule is Cc1cc2[nH]c(C(C)(C)C)cc2cc1NC(=O)C1(c2ccc3c(c2)OC(F)(F)O3)CC1. The van der Waals surface area contributed by atoms with Crippen molar-refractivity contribution in [3.8, 4) is 11.5 Å². The van der Waals surface area contributed by atoms with Crippen LogP contribution in [-0.2, 0) is 15.6 Å². The molecule has 0 bridgehead atoms. The summed E-state index contributed by atoms with van der Waals surface area (Å²) in [6, 6.07) is 10.7. The van der Waals surface area contributed by atoms with Gasteiger partial charge in [0, 0.05) is 27.7 Å². The van der Waals surface area contributed by atoms with Crippen molar-refractivity contribution in [3.05, 3.63) is 53.2 Å². The van der Waals surface area contributed by atoms with Crippen LogP contribution in [0.25, 0.3) is 10.9 Å². The van der Waals surface area contributed by atoms with Gasteiger partial charge in [0.1, 0.15) is 0 Å². The molecule has 0 saturated heterocycles. The van der Waals surface area contributed by atoms with Gasteiger partial charge in [-0.05, 0) is 61.2 Å². The van der Waals surface area contributed by atoms with Crippen LogP contribution in [0.5, 0.6) is 11.5 Å². The molecular weight excluding hydrogens is 402 g/mol. The minimum Gasteiger partial charge on any atom is -0.395 e. The average molecular weight is 426 g/mol. The number of carbonyl (C=O) groups excluding carboxylic acids is 1. The monoisotopic (exact) mass is 426 g/mol. The van der Waals surface area contributed by atoms with Crippen molar-refractivity contribution in [2.75, 3.05) is 5.32 Å². The molecular formula is C24H24F2N2O3. The van der Waals surface area contributed by atoms with Gasteiger partial charge in [0.25, 0.3) is 0 Å². The Labute approximate surface area is 178 Å². The smallest absolute Gasteiger partial charge is 0.395 e. The Bertz CT molecular complexity index is 1220. The Morgan fingerprint density at radius 1 is 1.06 bits per heavy atom. The molecule has 1 saturated carbocycles. The van der Waals surface area contributed by atoms with Gasteiger partial charge in [-0.15, -0.1) is 8.78 Å². The van der Waals surface area contributed by atoms with Crippen LogP contribution >= 0.6 is 0 Å². The van der Waals surface area contributed by atoms with Crippen molar-refractivity contribution in [1.29, 1.82) is 0 Å². The van der Waals surface area contributed by atoms with E-state index in [0.29, 0.717) is 18.4 Å². The number of ether oxygens (including phenoxy) is 2. The van der Waals surface area contributed by atoms with Crippen LogP contribution in [0, 0.1) is 6.92 Å². The lowest BCUT2D eigenvalue weighted by atomic mass is 9.92. The molecule has 2 aliphatic rings. The van der Waals surface area contributed by atoms with Crippen molar-refractivity contribution in [1.82, 2.24) is 4.98 Å². The van der Waals surface area contributed by atoms with E-state index in [-0.39, 0.29) is 22.8 Å². The van der Waals surface area contributed by atoms with Crippen molar-refractivity contribution in [2.24, 2.45) is 0 Å². The number of halogens is 2. The van der Waals surface area contributed by atoms with E-state index in [4.69, 9.17) is 0 Å².